The molecule has 0 atom stereocenters. The summed E-state index contributed by atoms with van der Waals surface area (Å²) in [6.07, 6.45) is 0.482. The van der Waals surface area contributed by atoms with E-state index in [1.807, 2.05) is 43.3 Å². The molecule has 0 aromatic heterocycles. The highest BCUT2D eigenvalue weighted by Crippen LogP contribution is 2.17. The van der Waals surface area contributed by atoms with Gasteiger partial charge < -0.3 is 10.6 Å². The molecule has 0 radical (unpaired) electrons. The van der Waals surface area contributed by atoms with E-state index >= 15 is 0 Å². The number of carbonyl (C=O) groups excluding carboxylic acids is 1. The van der Waals surface area contributed by atoms with Gasteiger partial charge in [-0.3, -0.25) is 4.79 Å². The van der Waals surface area contributed by atoms with Crippen LogP contribution < -0.4 is 10.6 Å². The SMILES string of the molecule is CCC(=O)Nc1cccc(NCc2cccc(Br)c2)c1. The summed E-state index contributed by atoms with van der Waals surface area (Å²) in [6.45, 7) is 2.58. The fourth-order valence-corrected chi connectivity index (χ4v) is 2.25. The van der Waals surface area contributed by atoms with Crippen molar-refractivity contribution in [2.24, 2.45) is 0 Å². The van der Waals surface area contributed by atoms with E-state index < -0.39 is 0 Å². The summed E-state index contributed by atoms with van der Waals surface area (Å²) in [5.41, 5.74) is 3.00. The zero-order chi connectivity index (χ0) is 14.4. The number of rotatable bonds is 5. The highest BCUT2D eigenvalue weighted by Gasteiger charge is 2.00. The lowest BCUT2D eigenvalue weighted by atomic mass is 10.2. The lowest BCUT2D eigenvalue weighted by Gasteiger charge is -2.09. The number of benzene rings is 2. The van der Waals surface area contributed by atoms with Crippen LogP contribution in [0.5, 0.6) is 0 Å². The van der Waals surface area contributed by atoms with Gasteiger partial charge in [0.15, 0.2) is 0 Å². The van der Waals surface area contributed by atoms with Crippen molar-refractivity contribution in [1.82, 2.24) is 0 Å². The highest BCUT2D eigenvalue weighted by molar-refractivity contribution is 9.10. The van der Waals surface area contributed by atoms with Crippen LogP contribution in [0.15, 0.2) is 53.0 Å². The molecule has 104 valence electrons. The first-order valence-corrected chi connectivity index (χ1v) is 7.35. The van der Waals surface area contributed by atoms with Crippen LogP contribution in [-0.2, 0) is 11.3 Å². The molecule has 0 fully saturated rings. The molecule has 0 heterocycles. The van der Waals surface area contributed by atoms with Gasteiger partial charge in [-0.15, -0.1) is 0 Å². The molecule has 2 aromatic rings. The number of nitrogens with one attached hydrogen (secondary N) is 2. The number of hydrogen-bond acceptors (Lipinski definition) is 2. The summed E-state index contributed by atoms with van der Waals surface area (Å²) < 4.78 is 1.07. The van der Waals surface area contributed by atoms with Crippen LogP contribution in [0.3, 0.4) is 0 Å². The summed E-state index contributed by atoms with van der Waals surface area (Å²) in [7, 11) is 0. The van der Waals surface area contributed by atoms with E-state index in [1.54, 1.807) is 0 Å². The van der Waals surface area contributed by atoms with Gasteiger partial charge in [-0.2, -0.15) is 0 Å². The monoisotopic (exact) mass is 332 g/mol. The molecule has 0 spiro atoms. The Kier molecular flexibility index (Phi) is 5.18. The van der Waals surface area contributed by atoms with Gasteiger partial charge in [-0.05, 0) is 35.9 Å². The van der Waals surface area contributed by atoms with Crippen LogP contribution in [0.2, 0.25) is 0 Å². The quantitative estimate of drug-likeness (QED) is 0.851. The highest BCUT2D eigenvalue weighted by atomic mass is 79.9. The van der Waals surface area contributed by atoms with Crippen molar-refractivity contribution in [2.45, 2.75) is 19.9 Å². The van der Waals surface area contributed by atoms with E-state index in [0.717, 1.165) is 22.4 Å². The molecule has 0 saturated heterocycles. The summed E-state index contributed by atoms with van der Waals surface area (Å²) in [5, 5.41) is 6.20. The molecule has 4 heteroatoms. The van der Waals surface area contributed by atoms with E-state index in [2.05, 4.69) is 38.7 Å². The van der Waals surface area contributed by atoms with Crippen molar-refractivity contribution in [3.05, 3.63) is 58.6 Å². The Labute approximate surface area is 127 Å². The zero-order valence-corrected chi connectivity index (χ0v) is 12.9. The third-order valence-corrected chi connectivity index (χ3v) is 3.35. The first-order valence-electron chi connectivity index (χ1n) is 6.55. The summed E-state index contributed by atoms with van der Waals surface area (Å²) in [5.74, 6) is 0.0224. The van der Waals surface area contributed by atoms with E-state index in [-0.39, 0.29) is 5.91 Å². The Hall–Kier alpha value is -1.81. The zero-order valence-electron chi connectivity index (χ0n) is 11.3. The Bertz CT molecular complexity index is 599. The van der Waals surface area contributed by atoms with Crippen LogP contribution in [-0.4, -0.2) is 5.91 Å². The van der Waals surface area contributed by atoms with E-state index in [0.29, 0.717) is 6.42 Å². The number of carbonyl (C=O) groups is 1. The third-order valence-electron chi connectivity index (χ3n) is 2.85. The molecule has 2 N–H and O–H groups in total. The maximum absolute atomic E-state index is 11.4. The lowest BCUT2D eigenvalue weighted by molar-refractivity contribution is -0.115. The first kappa shape index (κ1) is 14.6. The maximum atomic E-state index is 11.4. The van der Waals surface area contributed by atoms with Gasteiger partial charge in [-0.25, -0.2) is 0 Å². The van der Waals surface area contributed by atoms with E-state index in [9.17, 15) is 4.79 Å². The predicted molar refractivity (Wildman–Crippen MR) is 86.8 cm³/mol. The summed E-state index contributed by atoms with van der Waals surface area (Å²) in [4.78, 5) is 11.4. The van der Waals surface area contributed by atoms with Crippen LogP contribution >= 0.6 is 15.9 Å². The topological polar surface area (TPSA) is 41.1 Å². The smallest absolute Gasteiger partial charge is 0.224 e. The fourth-order valence-electron chi connectivity index (χ4n) is 1.81. The van der Waals surface area contributed by atoms with Gasteiger partial charge in [0.2, 0.25) is 5.91 Å². The van der Waals surface area contributed by atoms with Crippen LogP contribution in [0.25, 0.3) is 0 Å². The molecule has 0 aliphatic heterocycles. The van der Waals surface area contributed by atoms with Crippen LogP contribution in [0.1, 0.15) is 18.9 Å². The minimum absolute atomic E-state index is 0.0224. The summed E-state index contributed by atoms with van der Waals surface area (Å²) in [6, 6.07) is 15.9. The molecule has 0 saturated carbocycles. The number of hydrogen-bond donors (Lipinski definition) is 2. The molecular weight excluding hydrogens is 316 g/mol. The standard InChI is InChI=1S/C16H17BrN2O/c1-2-16(20)19-15-8-4-7-14(10-15)18-11-12-5-3-6-13(17)9-12/h3-10,18H,2,11H2,1H3,(H,19,20). The average Bonchev–Trinajstić information content (AvgIpc) is 2.45. The Morgan fingerprint density at radius 2 is 1.85 bits per heavy atom. The largest absolute Gasteiger partial charge is 0.381 e. The predicted octanol–water partition coefficient (Wildman–Crippen LogP) is 4.41. The molecule has 2 aromatic carbocycles. The molecular formula is C16H17BrN2O. The van der Waals surface area contributed by atoms with Gasteiger partial charge in [0.25, 0.3) is 0 Å². The van der Waals surface area contributed by atoms with E-state index in [1.165, 1.54) is 5.56 Å². The molecule has 1 amide bonds. The summed E-state index contributed by atoms with van der Waals surface area (Å²) >= 11 is 3.46. The number of halogens is 1. The average molecular weight is 333 g/mol. The van der Waals surface area contributed by atoms with Crippen molar-refractivity contribution in [3.8, 4) is 0 Å². The van der Waals surface area contributed by atoms with Gasteiger partial charge in [0.1, 0.15) is 0 Å². The van der Waals surface area contributed by atoms with Gasteiger partial charge in [-0.1, -0.05) is 41.1 Å². The maximum Gasteiger partial charge on any atom is 0.224 e. The Morgan fingerprint density at radius 3 is 2.60 bits per heavy atom. The molecule has 3 nitrogen and oxygen atoms in total. The first-order chi connectivity index (χ1) is 9.67. The van der Waals surface area contributed by atoms with E-state index in [4.69, 9.17) is 0 Å². The van der Waals surface area contributed by atoms with Crippen LogP contribution in [0, 0.1) is 0 Å². The normalized spacial score (nSPS) is 10.1. The molecule has 0 bridgehead atoms. The van der Waals surface area contributed by atoms with Gasteiger partial charge in [0.05, 0.1) is 0 Å². The second kappa shape index (κ2) is 7.10. The minimum atomic E-state index is 0.0224. The second-order valence-corrected chi connectivity index (χ2v) is 5.38. The second-order valence-electron chi connectivity index (χ2n) is 4.47. The molecule has 20 heavy (non-hydrogen) atoms. The minimum Gasteiger partial charge on any atom is -0.381 e. The molecule has 0 unspecified atom stereocenters. The molecule has 0 aliphatic rings. The number of anilines is 2. The molecule has 0 aliphatic carbocycles. The van der Waals surface area contributed by atoms with Crippen molar-refractivity contribution in [3.63, 3.8) is 0 Å². The Morgan fingerprint density at radius 1 is 1.10 bits per heavy atom. The third kappa shape index (κ3) is 4.38. The van der Waals surface area contributed by atoms with Gasteiger partial charge in [0, 0.05) is 28.8 Å². The van der Waals surface area contributed by atoms with Crippen molar-refractivity contribution in [1.29, 1.82) is 0 Å². The van der Waals surface area contributed by atoms with Crippen molar-refractivity contribution < 1.29 is 4.79 Å². The van der Waals surface area contributed by atoms with Crippen LogP contribution in [0.4, 0.5) is 11.4 Å². The van der Waals surface area contributed by atoms with Crippen molar-refractivity contribution in [2.75, 3.05) is 10.6 Å². The fraction of sp³-hybridized carbons (Fsp3) is 0.188. The number of amides is 1. The Balaban J connectivity index is 1.99. The van der Waals surface area contributed by atoms with Gasteiger partial charge >= 0.3 is 0 Å². The molecule has 2 rings (SSSR count). The van der Waals surface area contributed by atoms with Crippen molar-refractivity contribution >= 4 is 33.2 Å². The lowest BCUT2D eigenvalue weighted by Crippen LogP contribution is -2.09.